The van der Waals surface area contributed by atoms with Crippen LogP contribution in [-0.2, 0) is 0 Å². The van der Waals surface area contributed by atoms with Crippen LogP contribution < -0.4 is 0 Å². The lowest BCUT2D eigenvalue weighted by atomic mass is 9.68. The summed E-state index contributed by atoms with van der Waals surface area (Å²) in [6, 6.07) is 0. The van der Waals surface area contributed by atoms with Crippen LogP contribution in [-0.4, -0.2) is 0 Å². The molecule has 0 N–H and O–H groups in total. The van der Waals surface area contributed by atoms with E-state index in [0.717, 1.165) is 12.8 Å². The monoisotopic (exact) mass is 538 g/mol. The first-order chi connectivity index (χ1) is 18.8. The third-order valence-corrected chi connectivity index (χ3v) is 8.77. The van der Waals surface area contributed by atoms with E-state index in [1.807, 2.05) is 0 Å². The highest BCUT2D eigenvalue weighted by Gasteiger charge is 2.30. The maximum Gasteiger partial charge on any atom is 0.00285 e. The summed E-state index contributed by atoms with van der Waals surface area (Å²) in [5.74, 6) is 0.537. The van der Waals surface area contributed by atoms with Crippen molar-refractivity contribution in [3.05, 3.63) is 118 Å². The summed E-state index contributed by atoms with van der Waals surface area (Å²) in [6.45, 7) is 22.9. The van der Waals surface area contributed by atoms with Gasteiger partial charge in [0.2, 0.25) is 0 Å². The minimum Gasteiger partial charge on any atom is -0.0850 e. The molecule has 0 amide bonds. The van der Waals surface area contributed by atoms with Gasteiger partial charge >= 0.3 is 0 Å². The molecule has 0 heteroatoms. The van der Waals surface area contributed by atoms with Crippen LogP contribution in [0.4, 0.5) is 0 Å². The van der Waals surface area contributed by atoms with E-state index < -0.39 is 0 Å². The van der Waals surface area contributed by atoms with Gasteiger partial charge in [0.25, 0.3) is 0 Å². The normalized spacial score (nSPS) is 23.4. The molecular weight excluding hydrogens is 480 g/mol. The van der Waals surface area contributed by atoms with Crippen molar-refractivity contribution in [2.75, 3.05) is 0 Å². The molecule has 0 aliphatic heterocycles. The average Bonchev–Trinajstić information content (AvgIpc) is 2.85. The summed E-state index contributed by atoms with van der Waals surface area (Å²) >= 11 is 0. The van der Waals surface area contributed by atoms with Crippen LogP contribution in [0.15, 0.2) is 118 Å². The van der Waals surface area contributed by atoms with Crippen LogP contribution in [0.3, 0.4) is 0 Å². The highest BCUT2D eigenvalue weighted by molar-refractivity contribution is 5.36. The second-order valence-electron chi connectivity index (χ2n) is 13.6. The summed E-state index contributed by atoms with van der Waals surface area (Å²) in [7, 11) is 0. The van der Waals surface area contributed by atoms with Crippen molar-refractivity contribution in [2.45, 2.75) is 114 Å². The van der Waals surface area contributed by atoms with Crippen LogP contribution in [0.1, 0.15) is 114 Å². The van der Waals surface area contributed by atoms with Gasteiger partial charge in [-0.3, -0.25) is 0 Å². The molecule has 2 rings (SSSR count). The van der Waals surface area contributed by atoms with Crippen LogP contribution >= 0.6 is 0 Å². The fraction of sp³-hybridized carbons (Fsp3) is 0.500. The van der Waals surface area contributed by atoms with Gasteiger partial charge in [-0.05, 0) is 103 Å². The molecule has 1 atom stereocenters. The van der Waals surface area contributed by atoms with Crippen molar-refractivity contribution in [1.82, 2.24) is 0 Å². The van der Waals surface area contributed by atoms with Crippen molar-refractivity contribution in [1.29, 1.82) is 0 Å². The molecule has 0 spiro atoms. The van der Waals surface area contributed by atoms with Crippen molar-refractivity contribution < 1.29 is 0 Å². The molecule has 0 aromatic rings. The van der Waals surface area contributed by atoms with Crippen LogP contribution in [0.25, 0.3) is 0 Å². The largest absolute Gasteiger partial charge is 0.0850 e. The zero-order valence-electron chi connectivity index (χ0n) is 27.5. The van der Waals surface area contributed by atoms with E-state index >= 15 is 0 Å². The molecule has 40 heavy (non-hydrogen) atoms. The van der Waals surface area contributed by atoms with E-state index in [1.54, 1.807) is 11.1 Å². The molecule has 2 aliphatic rings. The molecule has 0 aromatic heterocycles. The van der Waals surface area contributed by atoms with E-state index in [0.29, 0.717) is 16.7 Å². The molecule has 0 saturated heterocycles. The molecular formula is C40H58. The minimum absolute atomic E-state index is 0.309. The third-order valence-electron chi connectivity index (χ3n) is 8.77. The van der Waals surface area contributed by atoms with Gasteiger partial charge in [-0.1, -0.05) is 140 Å². The van der Waals surface area contributed by atoms with Crippen molar-refractivity contribution >= 4 is 0 Å². The molecule has 0 saturated carbocycles. The molecule has 218 valence electrons. The van der Waals surface area contributed by atoms with Crippen LogP contribution in [0.5, 0.6) is 0 Å². The fourth-order valence-corrected chi connectivity index (χ4v) is 6.02. The van der Waals surface area contributed by atoms with Gasteiger partial charge in [0.15, 0.2) is 0 Å². The van der Waals surface area contributed by atoms with Gasteiger partial charge < -0.3 is 0 Å². The topological polar surface area (TPSA) is 0 Å². The Hall–Kier alpha value is -2.60. The molecule has 1 unspecified atom stereocenters. The van der Waals surface area contributed by atoms with Crippen LogP contribution in [0, 0.1) is 16.7 Å². The maximum absolute atomic E-state index is 2.41. The lowest BCUT2D eigenvalue weighted by Gasteiger charge is -2.36. The molecule has 0 aromatic carbocycles. The molecule has 0 bridgehead atoms. The van der Waals surface area contributed by atoms with Crippen molar-refractivity contribution in [3.8, 4) is 0 Å². The van der Waals surface area contributed by atoms with Gasteiger partial charge in [-0.15, -0.1) is 0 Å². The molecule has 0 radical (unpaired) electrons. The van der Waals surface area contributed by atoms with E-state index in [-0.39, 0.29) is 0 Å². The number of hydrogen-bond acceptors (Lipinski definition) is 0. The summed E-state index contributed by atoms with van der Waals surface area (Å²) in [5.41, 5.74) is 10.6. The minimum atomic E-state index is 0.309. The summed E-state index contributed by atoms with van der Waals surface area (Å²) in [5, 5.41) is 0. The predicted octanol–water partition coefficient (Wildman–Crippen LogP) is 12.7. The predicted molar refractivity (Wildman–Crippen MR) is 181 cm³/mol. The third kappa shape index (κ3) is 11.5. The Morgan fingerprint density at radius 2 is 1.50 bits per heavy atom. The summed E-state index contributed by atoms with van der Waals surface area (Å²) in [6.07, 6.45) is 37.9. The first kappa shape index (κ1) is 33.6. The Balaban J connectivity index is 1.82. The Bertz CT molecular complexity index is 1150. The van der Waals surface area contributed by atoms with Crippen LogP contribution in [0.2, 0.25) is 0 Å². The zero-order valence-corrected chi connectivity index (χ0v) is 27.5. The molecule has 0 nitrogen and oxygen atoms in total. The average molecular weight is 539 g/mol. The van der Waals surface area contributed by atoms with E-state index in [2.05, 4.69) is 148 Å². The lowest BCUT2D eigenvalue weighted by Crippen LogP contribution is -2.26. The van der Waals surface area contributed by atoms with E-state index in [4.69, 9.17) is 0 Å². The Kier molecular flexibility index (Phi) is 13.4. The second-order valence-corrected chi connectivity index (χ2v) is 13.6. The second kappa shape index (κ2) is 16.0. The standard InChI is InChI=1S/C40H58/c1-31(19-13-21-33(3)25-27-37-35(5)23-15-29-39(37,7)8)17-11-12-18-32(2)20-14-22-34(4)26-28-38-36(6)24-16-30-40(38,9)10/h11-13,17-19,21-23,25-28,37H,14-16,20,24,29-30H2,1-10H3/b12-11+,19-13+,27-25+,28-26+,31-17+,32-18+,33-21+,34-22-. The Labute approximate surface area is 248 Å². The highest BCUT2D eigenvalue weighted by Crippen LogP contribution is 2.42. The number of rotatable bonds is 11. The Morgan fingerprint density at radius 3 is 2.20 bits per heavy atom. The van der Waals surface area contributed by atoms with Gasteiger partial charge in [0, 0.05) is 5.92 Å². The first-order valence-corrected chi connectivity index (χ1v) is 15.6. The number of allylic oxidation sites excluding steroid dienone is 20. The molecule has 0 fully saturated rings. The first-order valence-electron chi connectivity index (χ1n) is 15.6. The van der Waals surface area contributed by atoms with E-state index in [1.165, 1.54) is 60.0 Å². The van der Waals surface area contributed by atoms with E-state index in [9.17, 15) is 0 Å². The highest BCUT2D eigenvalue weighted by atomic mass is 14.3. The molecule has 0 heterocycles. The fourth-order valence-electron chi connectivity index (χ4n) is 6.02. The van der Waals surface area contributed by atoms with Gasteiger partial charge in [-0.2, -0.15) is 0 Å². The SMILES string of the molecule is CC1=CCCC(C)(C)C1/C=C/C(C)=C/C=C/C(C)=C/C=C/C=C(\C)CC/C=C(C)\C=C\C1=C(C)CCCC1(C)C. The smallest absolute Gasteiger partial charge is 0.00285 e. The summed E-state index contributed by atoms with van der Waals surface area (Å²) in [4.78, 5) is 0. The lowest BCUT2D eigenvalue weighted by molar-refractivity contribution is 0.255. The van der Waals surface area contributed by atoms with Gasteiger partial charge in [-0.25, -0.2) is 0 Å². The quantitative estimate of drug-likeness (QED) is 0.181. The molecule has 2 aliphatic carbocycles. The van der Waals surface area contributed by atoms with Crippen molar-refractivity contribution in [2.24, 2.45) is 16.7 Å². The maximum atomic E-state index is 2.41. The van der Waals surface area contributed by atoms with Gasteiger partial charge in [0.1, 0.15) is 0 Å². The van der Waals surface area contributed by atoms with Crippen molar-refractivity contribution in [3.63, 3.8) is 0 Å². The Morgan fingerprint density at radius 1 is 0.825 bits per heavy atom. The summed E-state index contributed by atoms with van der Waals surface area (Å²) < 4.78 is 0. The zero-order chi connectivity index (χ0) is 29.8. The number of hydrogen-bond donors (Lipinski definition) is 0. The van der Waals surface area contributed by atoms with Gasteiger partial charge in [0.05, 0.1) is 0 Å².